The number of likely N-dealkylation sites (tertiary alicyclic amines) is 1. The van der Waals surface area contributed by atoms with E-state index in [9.17, 15) is 4.79 Å². The fourth-order valence-corrected chi connectivity index (χ4v) is 3.75. The molecule has 1 spiro atoms. The second-order valence-corrected chi connectivity index (χ2v) is 9.42. The van der Waals surface area contributed by atoms with Crippen molar-refractivity contribution in [1.82, 2.24) is 4.90 Å². The van der Waals surface area contributed by atoms with Crippen LogP contribution in [0.5, 0.6) is 11.5 Å². The van der Waals surface area contributed by atoms with Crippen LogP contribution in [0.1, 0.15) is 71.2 Å². The molecule has 4 heteroatoms. The van der Waals surface area contributed by atoms with E-state index in [1.807, 2.05) is 39.0 Å². The van der Waals surface area contributed by atoms with Crippen LogP contribution in [0.4, 0.5) is 0 Å². The molecule has 1 aromatic rings. The van der Waals surface area contributed by atoms with Gasteiger partial charge in [0.15, 0.2) is 5.78 Å². The van der Waals surface area contributed by atoms with Crippen molar-refractivity contribution in [3.63, 3.8) is 0 Å². The van der Waals surface area contributed by atoms with Gasteiger partial charge in [-0.15, -0.1) is 0 Å². The Bertz CT molecular complexity index is 659. The van der Waals surface area contributed by atoms with Crippen LogP contribution in [-0.4, -0.2) is 40.5 Å². The number of ketones is 1. The third-order valence-corrected chi connectivity index (χ3v) is 5.11. The molecule has 0 amide bonds. The lowest BCUT2D eigenvalue weighted by Gasteiger charge is -2.47. The number of hydrogen-bond acceptors (Lipinski definition) is 4. The van der Waals surface area contributed by atoms with E-state index in [0.29, 0.717) is 17.7 Å². The standard InChI is InChI=1S/C21H31NO3/c1-19(2,3)22-11-9-21(10-12-22)14-17(23)16-13-15(24-20(4,5)6)7-8-18(16)25-21/h7-8,13H,9-12,14H2,1-6H3. The summed E-state index contributed by atoms with van der Waals surface area (Å²) in [4.78, 5) is 15.3. The maximum Gasteiger partial charge on any atom is 0.170 e. The van der Waals surface area contributed by atoms with E-state index < -0.39 is 0 Å². The molecule has 138 valence electrons. The van der Waals surface area contributed by atoms with Gasteiger partial charge in [-0.1, -0.05) is 0 Å². The minimum absolute atomic E-state index is 0.164. The first-order chi connectivity index (χ1) is 11.5. The number of benzene rings is 1. The molecule has 3 rings (SSSR count). The third-order valence-electron chi connectivity index (χ3n) is 5.11. The lowest BCUT2D eigenvalue weighted by Crippen LogP contribution is -2.55. The zero-order valence-electron chi connectivity index (χ0n) is 16.4. The Labute approximate surface area is 151 Å². The molecule has 2 aliphatic rings. The number of nitrogens with zero attached hydrogens (tertiary/aromatic N) is 1. The van der Waals surface area contributed by atoms with Crippen LogP contribution < -0.4 is 9.47 Å². The van der Waals surface area contributed by atoms with Gasteiger partial charge >= 0.3 is 0 Å². The summed E-state index contributed by atoms with van der Waals surface area (Å²) < 4.78 is 12.3. The molecule has 0 radical (unpaired) electrons. The molecule has 1 saturated heterocycles. The monoisotopic (exact) mass is 345 g/mol. The predicted molar refractivity (Wildman–Crippen MR) is 99.7 cm³/mol. The van der Waals surface area contributed by atoms with Gasteiger partial charge < -0.3 is 9.47 Å². The Morgan fingerprint density at radius 3 is 2.28 bits per heavy atom. The molecule has 0 bridgehead atoms. The summed E-state index contributed by atoms with van der Waals surface area (Å²) in [5.74, 6) is 1.60. The van der Waals surface area contributed by atoms with Gasteiger partial charge in [0, 0.05) is 31.5 Å². The molecule has 0 N–H and O–H groups in total. The van der Waals surface area contributed by atoms with Crippen LogP contribution in [-0.2, 0) is 0 Å². The highest BCUT2D eigenvalue weighted by Gasteiger charge is 2.44. The van der Waals surface area contributed by atoms with Crippen molar-refractivity contribution in [2.24, 2.45) is 0 Å². The minimum Gasteiger partial charge on any atom is -0.488 e. The summed E-state index contributed by atoms with van der Waals surface area (Å²) in [7, 11) is 0. The maximum atomic E-state index is 12.8. The molecule has 2 heterocycles. The van der Waals surface area contributed by atoms with E-state index >= 15 is 0 Å². The molecular formula is C21H31NO3. The van der Waals surface area contributed by atoms with E-state index in [2.05, 4.69) is 25.7 Å². The SMILES string of the molecule is CC(C)(C)Oc1ccc2c(c1)C(=O)CC1(CCN(C(C)(C)C)CC1)O2. The summed E-state index contributed by atoms with van der Waals surface area (Å²) in [6.07, 6.45) is 2.27. The molecule has 0 atom stereocenters. The van der Waals surface area contributed by atoms with Crippen molar-refractivity contribution in [3.8, 4) is 11.5 Å². The number of ether oxygens (including phenoxy) is 2. The molecular weight excluding hydrogens is 314 g/mol. The molecule has 1 fully saturated rings. The molecule has 4 nitrogen and oxygen atoms in total. The van der Waals surface area contributed by atoms with Gasteiger partial charge in [-0.05, 0) is 59.7 Å². The zero-order valence-corrected chi connectivity index (χ0v) is 16.4. The van der Waals surface area contributed by atoms with Crippen LogP contribution in [0, 0.1) is 0 Å². The van der Waals surface area contributed by atoms with Crippen LogP contribution in [0.2, 0.25) is 0 Å². The second-order valence-electron chi connectivity index (χ2n) is 9.42. The molecule has 25 heavy (non-hydrogen) atoms. The molecule has 2 aliphatic heterocycles. The fraction of sp³-hybridized carbons (Fsp3) is 0.667. The quantitative estimate of drug-likeness (QED) is 0.753. The first-order valence-corrected chi connectivity index (χ1v) is 9.28. The summed E-state index contributed by atoms with van der Waals surface area (Å²) in [6.45, 7) is 14.7. The average Bonchev–Trinajstić information content (AvgIpc) is 2.46. The average molecular weight is 345 g/mol. The van der Waals surface area contributed by atoms with Crippen molar-refractivity contribution in [1.29, 1.82) is 0 Å². The van der Waals surface area contributed by atoms with Gasteiger partial charge in [0.05, 0.1) is 12.0 Å². The van der Waals surface area contributed by atoms with E-state index in [0.717, 1.165) is 31.7 Å². The maximum absolute atomic E-state index is 12.8. The number of rotatable bonds is 1. The van der Waals surface area contributed by atoms with Crippen molar-refractivity contribution >= 4 is 5.78 Å². The summed E-state index contributed by atoms with van der Waals surface area (Å²) in [5, 5.41) is 0. The topological polar surface area (TPSA) is 38.8 Å². The van der Waals surface area contributed by atoms with Gasteiger partial charge in [-0.3, -0.25) is 9.69 Å². The van der Waals surface area contributed by atoms with Crippen LogP contribution in [0.15, 0.2) is 18.2 Å². The predicted octanol–water partition coefficient (Wildman–Crippen LogP) is 4.46. The van der Waals surface area contributed by atoms with Crippen molar-refractivity contribution < 1.29 is 14.3 Å². The Morgan fingerprint density at radius 1 is 1.08 bits per heavy atom. The van der Waals surface area contributed by atoms with E-state index in [1.165, 1.54) is 0 Å². The molecule has 0 unspecified atom stereocenters. The number of piperidine rings is 1. The Balaban J connectivity index is 1.77. The Morgan fingerprint density at radius 2 is 1.72 bits per heavy atom. The zero-order chi connectivity index (χ0) is 18.5. The van der Waals surface area contributed by atoms with Crippen LogP contribution in [0.25, 0.3) is 0 Å². The van der Waals surface area contributed by atoms with E-state index in [-0.39, 0.29) is 22.5 Å². The van der Waals surface area contributed by atoms with E-state index in [1.54, 1.807) is 0 Å². The van der Waals surface area contributed by atoms with Gasteiger partial charge in [0.1, 0.15) is 22.7 Å². The molecule has 1 aromatic carbocycles. The molecule has 0 aliphatic carbocycles. The number of carbonyl (C=O) groups excluding carboxylic acids is 1. The van der Waals surface area contributed by atoms with Gasteiger partial charge in [-0.25, -0.2) is 0 Å². The lowest BCUT2D eigenvalue weighted by molar-refractivity contribution is -0.0296. The normalized spacial score (nSPS) is 21.0. The van der Waals surface area contributed by atoms with Gasteiger partial charge in [0.25, 0.3) is 0 Å². The molecule has 0 aromatic heterocycles. The smallest absolute Gasteiger partial charge is 0.170 e. The first kappa shape index (κ1) is 18.2. The fourth-order valence-electron chi connectivity index (χ4n) is 3.75. The van der Waals surface area contributed by atoms with Crippen molar-refractivity contribution in [3.05, 3.63) is 23.8 Å². The number of Topliss-reactive ketones (excluding diaryl/α,β-unsaturated/α-hetero) is 1. The Hall–Kier alpha value is -1.55. The highest BCUT2D eigenvalue weighted by atomic mass is 16.5. The van der Waals surface area contributed by atoms with Gasteiger partial charge in [-0.2, -0.15) is 0 Å². The molecule has 0 saturated carbocycles. The lowest BCUT2D eigenvalue weighted by atomic mass is 9.81. The minimum atomic E-state index is -0.335. The van der Waals surface area contributed by atoms with Gasteiger partial charge in [0.2, 0.25) is 0 Å². The summed E-state index contributed by atoms with van der Waals surface area (Å²) in [5.41, 5.74) is 0.203. The third kappa shape index (κ3) is 4.00. The highest BCUT2D eigenvalue weighted by Crippen LogP contribution is 2.41. The van der Waals surface area contributed by atoms with Crippen molar-refractivity contribution in [2.75, 3.05) is 13.1 Å². The van der Waals surface area contributed by atoms with E-state index in [4.69, 9.17) is 9.47 Å². The number of fused-ring (bicyclic) bond motifs is 1. The Kier molecular flexibility index (Phi) is 4.39. The number of carbonyl (C=O) groups is 1. The largest absolute Gasteiger partial charge is 0.488 e. The van der Waals surface area contributed by atoms with Crippen LogP contribution >= 0.6 is 0 Å². The first-order valence-electron chi connectivity index (χ1n) is 9.28. The second kappa shape index (κ2) is 6.01. The number of hydrogen-bond donors (Lipinski definition) is 0. The summed E-state index contributed by atoms with van der Waals surface area (Å²) >= 11 is 0. The van der Waals surface area contributed by atoms with Crippen molar-refractivity contribution in [2.45, 2.75) is 77.5 Å². The van der Waals surface area contributed by atoms with Crippen LogP contribution in [0.3, 0.4) is 0 Å². The highest BCUT2D eigenvalue weighted by molar-refractivity contribution is 6.00. The summed E-state index contributed by atoms with van der Waals surface area (Å²) in [6, 6.07) is 5.63.